The number of nitrogens with one attached hydrogen (secondary N) is 1. The molecule has 6 nitrogen and oxygen atoms in total. The number of fused-ring (bicyclic) bond motifs is 1. The third-order valence-corrected chi connectivity index (χ3v) is 4.97. The van der Waals surface area contributed by atoms with Crippen molar-refractivity contribution in [2.75, 3.05) is 6.79 Å². The Morgan fingerprint density at radius 2 is 1.84 bits per heavy atom. The van der Waals surface area contributed by atoms with E-state index in [0.29, 0.717) is 22.9 Å². The monoisotopic (exact) mass is 427 g/mol. The lowest BCUT2D eigenvalue weighted by Crippen LogP contribution is -2.25. The van der Waals surface area contributed by atoms with E-state index in [9.17, 15) is 13.6 Å². The van der Waals surface area contributed by atoms with Crippen LogP contribution in [-0.4, -0.2) is 22.5 Å². The number of carbonyl (C=O) groups is 1. The van der Waals surface area contributed by atoms with Gasteiger partial charge in [-0.3, -0.25) is 4.79 Å². The summed E-state index contributed by atoms with van der Waals surface area (Å²) in [5.41, 5.74) is 2.36. The van der Waals surface area contributed by atoms with Crippen LogP contribution >= 0.6 is 0 Å². The summed E-state index contributed by atoms with van der Waals surface area (Å²) in [6.45, 7) is 6.38. The Morgan fingerprint density at radius 3 is 2.58 bits per heavy atom. The van der Waals surface area contributed by atoms with Crippen LogP contribution < -0.4 is 14.8 Å². The van der Waals surface area contributed by atoms with Crippen molar-refractivity contribution in [2.24, 2.45) is 0 Å². The molecule has 2 aromatic carbocycles. The molecule has 1 aliphatic rings. The number of benzene rings is 2. The van der Waals surface area contributed by atoms with E-state index in [-0.39, 0.29) is 31.1 Å². The average molecular weight is 427 g/mol. The van der Waals surface area contributed by atoms with Gasteiger partial charge in [0.25, 0.3) is 0 Å². The van der Waals surface area contributed by atoms with Crippen LogP contribution in [0.1, 0.15) is 37.7 Å². The van der Waals surface area contributed by atoms with Crippen LogP contribution in [0.3, 0.4) is 0 Å². The first-order valence-corrected chi connectivity index (χ1v) is 9.91. The first kappa shape index (κ1) is 20.8. The normalized spacial score (nSPS) is 12.8. The second kappa shape index (κ2) is 8.02. The molecule has 8 heteroatoms. The van der Waals surface area contributed by atoms with Gasteiger partial charge in [-0.1, -0.05) is 26.8 Å². The number of halogens is 2. The van der Waals surface area contributed by atoms with E-state index in [4.69, 9.17) is 9.47 Å². The first-order chi connectivity index (χ1) is 14.7. The van der Waals surface area contributed by atoms with Crippen molar-refractivity contribution in [3.05, 3.63) is 71.1 Å². The largest absolute Gasteiger partial charge is 0.454 e. The fourth-order valence-corrected chi connectivity index (χ4v) is 3.24. The molecule has 31 heavy (non-hydrogen) atoms. The molecule has 2 heterocycles. The predicted molar refractivity (Wildman–Crippen MR) is 110 cm³/mol. The van der Waals surface area contributed by atoms with E-state index in [0.717, 1.165) is 23.4 Å². The Kier molecular flexibility index (Phi) is 5.39. The summed E-state index contributed by atoms with van der Waals surface area (Å²) in [6.07, 6.45) is 0.169. The van der Waals surface area contributed by atoms with Crippen molar-refractivity contribution >= 4 is 5.91 Å². The van der Waals surface area contributed by atoms with Gasteiger partial charge in [-0.2, -0.15) is 5.10 Å². The lowest BCUT2D eigenvalue weighted by molar-refractivity contribution is -0.120. The van der Waals surface area contributed by atoms with E-state index in [1.807, 2.05) is 32.9 Å². The molecule has 1 amide bonds. The molecule has 0 atom stereocenters. The highest BCUT2D eigenvalue weighted by Gasteiger charge is 2.21. The molecule has 1 N–H and O–H groups in total. The molecule has 0 bridgehead atoms. The van der Waals surface area contributed by atoms with Gasteiger partial charge in [0, 0.05) is 11.5 Å². The summed E-state index contributed by atoms with van der Waals surface area (Å²) in [4.78, 5) is 12.5. The van der Waals surface area contributed by atoms with Crippen LogP contribution in [-0.2, 0) is 23.2 Å². The van der Waals surface area contributed by atoms with Crippen molar-refractivity contribution < 1.29 is 23.0 Å². The van der Waals surface area contributed by atoms with Crippen LogP contribution in [0.4, 0.5) is 8.78 Å². The van der Waals surface area contributed by atoms with Crippen LogP contribution in [0.2, 0.25) is 0 Å². The van der Waals surface area contributed by atoms with Crippen molar-refractivity contribution in [1.82, 2.24) is 15.1 Å². The number of ether oxygens (including phenoxy) is 2. The minimum absolute atomic E-state index is 0.169. The standard InChI is InChI=1S/C23H23F2N3O3/c1-23(2,3)21-11-16(28(27-21)15-5-6-17(24)18(25)10-15)12-26-22(29)9-14-4-7-19-20(8-14)31-13-30-19/h4-8,10-11H,9,12-13H2,1-3H3,(H,26,29). The Morgan fingerprint density at radius 1 is 1.06 bits per heavy atom. The minimum Gasteiger partial charge on any atom is -0.454 e. The third-order valence-electron chi connectivity index (χ3n) is 4.97. The van der Waals surface area contributed by atoms with Gasteiger partial charge < -0.3 is 14.8 Å². The number of hydrogen-bond acceptors (Lipinski definition) is 4. The minimum atomic E-state index is -0.955. The molecule has 0 fully saturated rings. The van der Waals surface area contributed by atoms with E-state index in [2.05, 4.69) is 10.4 Å². The average Bonchev–Trinajstić information content (AvgIpc) is 3.35. The fourth-order valence-electron chi connectivity index (χ4n) is 3.24. The molecule has 162 valence electrons. The van der Waals surface area contributed by atoms with Gasteiger partial charge in [0.15, 0.2) is 23.1 Å². The summed E-state index contributed by atoms with van der Waals surface area (Å²) < 4.78 is 39.3. The zero-order chi connectivity index (χ0) is 22.2. The van der Waals surface area contributed by atoms with E-state index < -0.39 is 11.6 Å². The molecule has 0 spiro atoms. The van der Waals surface area contributed by atoms with Gasteiger partial charge in [0.2, 0.25) is 12.7 Å². The van der Waals surface area contributed by atoms with Crippen LogP contribution in [0.25, 0.3) is 5.69 Å². The van der Waals surface area contributed by atoms with Gasteiger partial charge in [0.05, 0.1) is 30.0 Å². The summed E-state index contributed by atoms with van der Waals surface area (Å²) in [5, 5.41) is 7.45. The Labute approximate surface area is 178 Å². The fraction of sp³-hybridized carbons (Fsp3) is 0.304. The molecule has 0 saturated carbocycles. The highest BCUT2D eigenvalue weighted by atomic mass is 19.2. The maximum Gasteiger partial charge on any atom is 0.231 e. The van der Waals surface area contributed by atoms with Crippen molar-refractivity contribution in [2.45, 2.75) is 39.2 Å². The molecular weight excluding hydrogens is 404 g/mol. The quantitative estimate of drug-likeness (QED) is 0.668. The molecule has 0 saturated heterocycles. The maximum absolute atomic E-state index is 13.8. The zero-order valence-corrected chi connectivity index (χ0v) is 17.5. The van der Waals surface area contributed by atoms with Gasteiger partial charge in [0.1, 0.15) is 0 Å². The Bertz CT molecular complexity index is 1140. The molecule has 1 aliphatic heterocycles. The number of rotatable bonds is 5. The highest BCUT2D eigenvalue weighted by Crippen LogP contribution is 2.32. The lowest BCUT2D eigenvalue weighted by Gasteiger charge is -2.14. The number of aromatic nitrogens is 2. The van der Waals surface area contributed by atoms with Gasteiger partial charge >= 0.3 is 0 Å². The van der Waals surface area contributed by atoms with E-state index in [1.165, 1.54) is 10.7 Å². The zero-order valence-electron chi connectivity index (χ0n) is 17.5. The summed E-state index contributed by atoms with van der Waals surface area (Å²) in [6, 6.07) is 10.8. The lowest BCUT2D eigenvalue weighted by atomic mass is 9.92. The van der Waals surface area contributed by atoms with Crippen molar-refractivity contribution in [3.63, 3.8) is 0 Å². The SMILES string of the molecule is CC(C)(C)c1cc(CNC(=O)Cc2ccc3c(c2)OCO3)n(-c2ccc(F)c(F)c2)n1. The van der Waals surface area contributed by atoms with E-state index in [1.54, 1.807) is 12.1 Å². The topological polar surface area (TPSA) is 65.4 Å². The second-order valence-corrected chi connectivity index (χ2v) is 8.42. The first-order valence-electron chi connectivity index (χ1n) is 9.91. The Balaban J connectivity index is 1.52. The molecule has 1 aromatic heterocycles. The van der Waals surface area contributed by atoms with Gasteiger partial charge in [-0.25, -0.2) is 13.5 Å². The maximum atomic E-state index is 13.8. The van der Waals surface area contributed by atoms with Crippen LogP contribution in [0.15, 0.2) is 42.5 Å². The molecule has 0 radical (unpaired) electrons. The van der Waals surface area contributed by atoms with Gasteiger partial charge in [-0.15, -0.1) is 0 Å². The third kappa shape index (κ3) is 4.52. The Hall–Kier alpha value is -3.42. The second-order valence-electron chi connectivity index (χ2n) is 8.42. The summed E-state index contributed by atoms with van der Waals surface area (Å²) in [7, 11) is 0. The number of nitrogens with zero attached hydrogens (tertiary/aromatic N) is 2. The molecule has 0 aliphatic carbocycles. The molecule has 0 unspecified atom stereocenters. The van der Waals surface area contributed by atoms with Crippen LogP contribution in [0, 0.1) is 11.6 Å². The number of hydrogen-bond donors (Lipinski definition) is 1. The number of amides is 1. The van der Waals surface area contributed by atoms with Gasteiger partial charge in [-0.05, 0) is 35.9 Å². The highest BCUT2D eigenvalue weighted by molar-refractivity contribution is 5.78. The van der Waals surface area contributed by atoms with Crippen molar-refractivity contribution in [1.29, 1.82) is 0 Å². The number of carbonyl (C=O) groups excluding carboxylic acids is 1. The molecule has 4 rings (SSSR count). The molecular formula is C23H23F2N3O3. The molecule has 3 aromatic rings. The summed E-state index contributed by atoms with van der Waals surface area (Å²) in [5.74, 6) is -0.784. The predicted octanol–water partition coefficient (Wildman–Crippen LogP) is 4.04. The van der Waals surface area contributed by atoms with Crippen LogP contribution in [0.5, 0.6) is 11.5 Å². The summed E-state index contributed by atoms with van der Waals surface area (Å²) >= 11 is 0. The van der Waals surface area contributed by atoms with Crippen molar-refractivity contribution in [3.8, 4) is 17.2 Å². The smallest absolute Gasteiger partial charge is 0.231 e. The van der Waals surface area contributed by atoms with E-state index >= 15 is 0 Å².